The molecule has 0 saturated heterocycles. The highest BCUT2D eigenvalue weighted by Crippen LogP contribution is 2.17. The number of nitrogens with one attached hydrogen (secondary N) is 1. The second-order valence-electron chi connectivity index (χ2n) is 4.82. The SMILES string of the molecule is Cc1c([C@@H](C)NC(=O)COc2ccccc2F)cnn1C. The van der Waals surface area contributed by atoms with E-state index in [1.54, 1.807) is 23.0 Å². The number of halogens is 1. The minimum atomic E-state index is -0.485. The van der Waals surface area contributed by atoms with Crippen molar-refractivity contribution < 1.29 is 13.9 Å². The fourth-order valence-corrected chi connectivity index (χ4v) is 2.01. The summed E-state index contributed by atoms with van der Waals surface area (Å²) in [5.41, 5.74) is 1.93. The molecule has 0 radical (unpaired) electrons. The van der Waals surface area contributed by atoms with Crippen molar-refractivity contribution in [3.63, 3.8) is 0 Å². The van der Waals surface area contributed by atoms with Crippen LogP contribution in [0, 0.1) is 12.7 Å². The number of ether oxygens (including phenoxy) is 1. The van der Waals surface area contributed by atoms with Crippen LogP contribution in [-0.2, 0) is 11.8 Å². The Labute approximate surface area is 122 Å². The molecule has 0 aliphatic heterocycles. The Bertz CT molecular complexity index is 640. The third-order valence-electron chi connectivity index (χ3n) is 3.31. The zero-order chi connectivity index (χ0) is 15.4. The van der Waals surface area contributed by atoms with Crippen molar-refractivity contribution in [2.24, 2.45) is 7.05 Å². The van der Waals surface area contributed by atoms with E-state index in [0.29, 0.717) is 0 Å². The molecule has 5 nitrogen and oxygen atoms in total. The zero-order valence-electron chi connectivity index (χ0n) is 12.3. The normalized spacial score (nSPS) is 12.0. The van der Waals surface area contributed by atoms with E-state index in [0.717, 1.165) is 11.3 Å². The monoisotopic (exact) mass is 291 g/mol. The van der Waals surface area contributed by atoms with Crippen molar-refractivity contribution in [1.82, 2.24) is 15.1 Å². The quantitative estimate of drug-likeness (QED) is 0.918. The van der Waals surface area contributed by atoms with Crippen LogP contribution in [0.1, 0.15) is 24.2 Å². The standard InChI is InChI=1S/C15H18FN3O2/c1-10(12-8-17-19(3)11(12)2)18-15(20)9-21-14-7-5-4-6-13(14)16/h4-8,10H,9H2,1-3H3,(H,18,20)/t10-/m1/s1. The molecule has 2 rings (SSSR count). The first-order valence-corrected chi connectivity index (χ1v) is 6.64. The molecule has 0 spiro atoms. The molecule has 1 N–H and O–H groups in total. The van der Waals surface area contributed by atoms with Gasteiger partial charge >= 0.3 is 0 Å². The Kier molecular flexibility index (Phi) is 4.57. The molecule has 112 valence electrons. The summed E-state index contributed by atoms with van der Waals surface area (Å²) in [6, 6.07) is 5.80. The van der Waals surface area contributed by atoms with Crippen molar-refractivity contribution >= 4 is 5.91 Å². The Balaban J connectivity index is 1.90. The predicted octanol–water partition coefficient (Wildman–Crippen LogP) is 2.12. The van der Waals surface area contributed by atoms with Gasteiger partial charge in [0.2, 0.25) is 0 Å². The second kappa shape index (κ2) is 6.39. The number of carbonyl (C=O) groups excluding carboxylic acids is 1. The molecule has 0 unspecified atom stereocenters. The highest BCUT2D eigenvalue weighted by atomic mass is 19.1. The average Bonchev–Trinajstić information content (AvgIpc) is 2.78. The summed E-state index contributed by atoms with van der Waals surface area (Å²) in [5.74, 6) is -0.728. The van der Waals surface area contributed by atoms with Crippen LogP contribution in [0.4, 0.5) is 4.39 Å². The Hall–Kier alpha value is -2.37. The summed E-state index contributed by atoms with van der Waals surface area (Å²) < 4.78 is 20.3. The highest BCUT2D eigenvalue weighted by molar-refractivity contribution is 5.78. The molecule has 1 aromatic carbocycles. The summed E-state index contributed by atoms with van der Waals surface area (Å²) in [5, 5.41) is 6.93. The highest BCUT2D eigenvalue weighted by Gasteiger charge is 2.15. The molecule has 1 amide bonds. The van der Waals surface area contributed by atoms with Gasteiger partial charge in [0.15, 0.2) is 18.2 Å². The van der Waals surface area contributed by atoms with E-state index in [2.05, 4.69) is 10.4 Å². The van der Waals surface area contributed by atoms with E-state index in [-0.39, 0.29) is 24.3 Å². The number of nitrogens with zero attached hydrogens (tertiary/aromatic N) is 2. The lowest BCUT2D eigenvalue weighted by atomic mass is 10.1. The zero-order valence-corrected chi connectivity index (χ0v) is 12.3. The van der Waals surface area contributed by atoms with Crippen LogP contribution in [-0.4, -0.2) is 22.3 Å². The molecule has 2 aromatic rings. The van der Waals surface area contributed by atoms with Gasteiger partial charge in [-0.25, -0.2) is 4.39 Å². The van der Waals surface area contributed by atoms with E-state index >= 15 is 0 Å². The van der Waals surface area contributed by atoms with Crippen molar-refractivity contribution in [2.45, 2.75) is 19.9 Å². The third-order valence-corrected chi connectivity index (χ3v) is 3.31. The van der Waals surface area contributed by atoms with Gasteiger partial charge in [0.05, 0.1) is 12.2 Å². The number of hydrogen-bond acceptors (Lipinski definition) is 3. The molecule has 6 heteroatoms. The van der Waals surface area contributed by atoms with Gasteiger partial charge in [-0.1, -0.05) is 12.1 Å². The van der Waals surface area contributed by atoms with Crippen molar-refractivity contribution in [3.8, 4) is 5.75 Å². The first-order chi connectivity index (χ1) is 9.99. The first kappa shape index (κ1) is 15.0. The van der Waals surface area contributed by atoms with Crippen LogP contribution in [0.5, 0.6) is 5.75 Å². The number of hydrogen-bond donors (Lipinski definition) is 1. The third kappa shape index (κ3) is 3.59. The Morgan fingerprint density at radius 1 is 1.48 bits per heavy atom. The number of carbonyl (C=O) groups is 1. The summed E-state index contributed by atoms with van der Waals surface area (Å²) in [4.78, 5) is 11.8. The van der Waals surface area contributed by atoms with Crippen LogP contribution in [0.2, 0.25) is 0 Å². The number of aromatic nitrogens is 2. The predicted molar refractivity (Wildman–Crippen MR) is 76.4 cm³/mol. The minimum Gasteiger partial charge on any atom is -0.481 e. The van der Waals surface area contributed by atoms with Gasteiger partial charge in [0.1, 0.15) is 0 Å². The molecule has 21 heavy (non-hydrogen) atoms. The van der Waals surface area contributed by atoms with Gasteiger partial charge in [-0.3, -0.25) is 9.48 Å². The fourth-order valence-electron chi connectivity index (χ4n) is 2.01. The van der Waals surface area contributed by atoms with E-state index in [1.165, 1.54) is 12.1 Å². The van der Waals surface area contributed by atoms with Gasteiger partial charge in [-0.05, 0) is 26.0 Å². The van der Waals surface area contributed by atoms with Gasteiger partial charge < -0.3 is 10.1 Å². The summed E-state index contributed by atoms with van der Waals surface area (Å²) in [6.07, 6.45) is 1.72. The summed E-state index contributed by atoms with van der Waals surface area (Å²) in [7, 11) is 1.84. The van der Waals surface area contributed by atoms with E-state index in [4.69, 9.17) is 4.74 Å². The molecular formula is C15H18FN3O2. The van der Waals surface area contributed by atoms with Crippen LogP contribution in [0.3, 0.4) is 0 Å². The molecule has 0 saturated carbocycles. The van der Waals surface area contributed by atoms with E-state index < -0.39 is 5.82 Å². The van der Waals surface area contributed by atoms with Crippen LogP contribution < -0.4 is 10.1 Å². The van der Waals surface area contributed by atoms with Crippen LogP contribution >= 0.6 is 0 Å². The molecule has 0 bridgehead atoms. The van der Waals surface area contributed by atoms with E-state index in [1.807, 2.05) is 20.9 Å². The Morgan fingerprint density at radius 3 is 2.81 bits per heavy atom. The number of rotatable bonds is 5. The summed E-state index contributed by atoms with van der Waals surface area (Å²) in [6.45, 7) is 3.57. The van der Waals surface area contributed by atoms with Crippen LogP contribution in [0.15, 0.2) is 30.5 Å². The van der Waals surface area contributed by atoms with Crippen molar-refractivity contribution in [3.05, 3.63) is 47.5 Å². The van der Waals surface area contributed by atoms with Crippen molar-refractivity contribution in [2.75, 3.05) is 6.61 Å². The maximum atomic E-state index is 13.4. The van der Waals surface area contributed by atoms with Crippen LogP contribution in [0.25, 0.3) is 0 Å². The van der Waals surface area contributed by atoms with Gasteiger partial charge in [0.25, 0.3) is 5.91 Å². The number of para-hydroxylation sites is 1. The molecule has 0 aliphatic carbocycles. The molecular weight excluding hydrogens is 273 g/mol. The van der Waals surface area contributed by atoms with E-state index in [9.17, 15) is 9.18 Å². The first-order valence-electron chi connectivity index (χ1n) is 6.64. The van der Waals surface area contributed by atoms with Crippen molar-refractivity contribution in [1.29, 1.82) is 0 Å². The largest absolute Gasteiger partial charge is 0.481 e. The topological polar surface area (TPSA) is 56.1 Å². The smallest absolute Gasteiger partial charge is 0.258 e. The second-order valence-corrected chi connectivity index (χ2v) is 4.82. The summed E-state index contributed by atoms with van der Waals surface area (Å²) >= 11 is 0. The average molecular weight is 291 g/mol. The number of benzene rings is 1. The molecule has 0 fully saturated rings. The lowest BCUT2D eigenvalue weighted by molar-refractivity contribution is -0.123. The lowest BCUT2D eigenvalue weighted by Crippen LogP contribution is -2.31. The maximum Gasteiger partial charge on any atom is 0.258 e. The van der Waals surface area contributed by atoms with Gasteiger partial charge in [0, 0.05) is 18.3 Å². The molecule has 0 aliphatic rings. The fraction of sp³-hybridized carbons (Fsp3) is 0.333. The minimum absolute atomic E-state index is 0.0675. The van der Waals surface area contributed by atoms with Gasteiger partial charge in [-0.2, -0.15) is 5.10 Å². The maximum absolute atomic E-state index is 13.4. The Morgan fingerprint density at radius 2 is 2.19 bits per heavy atom. The molecule has 1 atom stereocenters. The lowest BCUT2D eigenvalue weighted by Gasteiger charge is -2.14. The molecule has 1 heterocycles. The molecule has 1 aromatic heterocycles. The van der Waals surface area contributed by atoms with Gasteiger partial charge in [-0.15, -0.1) is 0 Å². The number of aryl methyl sites for hydroxylation is 1. The number of amides is 1.